The number of hydrogen-bond acceptors (Lipinski definition) is 6. The fraction of sp³-hybridized carbons (Fsp3) is 0.393. The molecule has 10 heteroatoms. The van der Waals surface area contributed by atoms with Crippen LogP contribution in [-0.2, 0) is 27.2 Å². The van der Waals surface area contributed by atoms with Crippen molar-refractivity contribution in [2.24, 2.45) is 11.1 Å². The topological polar surface area (TPSA) is 82.0 Å². The van der Waals surface area contributed by atoms with Crippen LogP contribution in [0.3, 0.4) is 0 Å². The average Bonchev–Trinajstić information content (AvgIpc) is 2.93. The number of aromatic nitrogens is 1. The highest BCUT2D eigenvalue weighted by Gasteiger charge is 2.29. The fourth-order valence-electron chi connectivity index (χ4n) is 4.20. The van der Waals surface area contributed by atoms with E-state index in [-0.39, 0.29) is 19.1 Å². The van der Waals surface area contributed by atoms with Crippen LogP contribution in [0.4, 0.5) is 13.2 Å². The van der Waals surface area contributed by atoms with Crippen molar-refractivity contribution in [3.8, 4) is 5.75 Å². The molecule has 38 heavy (non-hydrogen) atoms. The first-order valence-electron chi connectivity index (χ1n) is 12.6. The second kappa shape index (κ2) is 12.7. The third kappa shape index (κ3) is 7.22. The minimum Gasteiger partial charge on any atom is -0.481 e. The molecule has 0 unspecified atom stereocenters. The van der Waals surface area contributed by atoms with Gasteiger partial charge in [-0.1, -0.05) is 30.3 Å². The van der Waals surface area contributed by atoms with Gasteiger partial charge in [0.05, 0.1) is 11.3 Å². The van der Waals surface area contributed by atoms with Gasteiger partial charge in [0.2, 0.25) is 0 Å². The van der Waals surface area contributed by atoms with E-state index in [1.807, 2.05) is 19.1 Å². The van der Waals surface area contributed by atoms with E-state index in [0.29, 0.717) is 41.4 Å². The summed E-state index contributed by atoms with van der Waals surface area (Å²) in [7, 11) is 0. The molecule has 1 fully saturated rings. The number of nitrogens with zero attached hydrogens (tertiary/aromatic N) is 2. The first kappa shape index (κ1) is 27.4. The van der Waals surface area contributed by atoms with Crippen LogP contribution >= 0.6 is 0 Å². The molecule has 0 spiro atoms. The number of fused-ring (bicyclic) bond motifs is 1. The highest BCUT2D eigenvalue weighted by atomic mass is 19.4. The van der Waals surface area contributed by atoms with Crippen molar-refractivity contribution in [2.45, 2.75) is 39.0 Å². The summed E-state index contributed by atoms with van der Waals surface area (Å²) in [5.41, 5.74) is 1.89. The number of pyridine rings is 1. The molecule has 7 nitrogen and oxygen atoms in total. The van der Waals surface area contributed by atoms with E-state index in [0.717, 1.165) is 49.1 Å². The van der Waals surface area contributed by atoms with Gasteiger partial charge in [0, 0.05) is 36.9 Å². The standard InChI is InChI=1S/C28H30F3N3O4/c1-2-24(34-38-17-20-5-7-21(8-6-20)28(29,30)31)22-9-10-25(27-23(22)4-3-13-32-27)37-18-26(35)33-16-19-11-14-36-15-12-19/h3-10,13,19H,2,11-12,14-18H2,1H3,(H,33,35). The maximum Gasteiger partial charge on any atom is 0.416 e. The number of ether oxygens (including phenoxy) is 2. The molecule has 1 aliphatic rings. The lowest BCUT2D eigenvalue weighted by Crippen LogP contribution is -2.35. The zero-order valence-corrected chi connectivity index (χ0v) is 21.1. The maximum atomic E-state index is 12.8. The molecular formula is C28H30F3N3O4. The third-order valence-electron chi connectivity index (χ3n) is 6.35. The van der Waals surface area contributed by atoms with Crippen molar-refractivity contribution in [2.75, 3.05) is 26.4 Å². The number of nitrogens with one attached hydrogen (secondary N) is 1. The lowest BCUT2D eigenvalue weighted by atomic mass is 10.0. The van der Waals surface area contributed by atoms with E-state index in [4.69, 9.17) is 14.3 Å². The number of amides is 1. The predicted octanol–water partition coefficient (Wildman–Crippen LogP) is 5.51. The van der Waals surface area contributed by atoms with Crippen molar-refractivity contribution in [3.05, 3.63) is 71.4 Å². The summed E-state index contributed by atoms with van der Waals surface area (Å²) in [4.78, 5) is 22.3. The number of alkyl halides is 3. The van der Waals surface area contributed by atoms with Crippen molar-refractivity contribution < 1.29 is 32.3 Å². The number of carbonyl (C=O) groups excluding carboxylic acids is 1. The molecule has 2 aromatic carbocycles. The van der Waals surface area contributed by atoms with Gasteiger partial charge in [-0.25, -0.2) is 0 Å². The van der Waals surface area contributed by atoms with Gasteiger partial charge in [0.25, 0.3) is 5.91 Å². The lowest BCUT2D eigenvalue weighted by molar-refractivity contribution is -0.137. The van der Waals surface area contributed by atoms with Gasteiger partial charge in [-0.05, 0) is 61.1 Å². The minimum absolute atomic E-state index is 0.0298. The van der Waals surface area contributed by atoms with Gasteiger partial charge in [-0.15, -0.1) is 0 Å². The van der Waals surface area contributed by atoms with Crippen LogP contribution in [0.1, 0.15) is 42.9 Å². The van der Waals surface area contributed by atoms with Crippen LogP contribution in [0, 0.1) is 5.92 Å². The van der Waals surface area contributed by atoms with Gasteiger partial charge >= 0.3 is 6.18 Å². The Morgan fingerprint density at radius 1 is 1.13 bits per heavy atom. The summed E-state index contributed by atoms with van der Waals surface area (Å²) < 4.78 is 49.5. The molecule has 0 atom stereocenters. The predicted molar refractivity (Wildman–Crippen MR) is 137 cm³/mol. The van der Waals surface area contributed by atoms with Crippen LogP contribution in [0.5, 0.6) is 5.75 Å². The average molecular weight is 530 g/mol. The van der Waals surface area contributed by atoms with E-state index < -0.39 is 11.7 Å². The Bertz CT molecular complexity index is 1260. The molecule has 1 amide bonds. The number of hydrogen-bond donors (Lipinski definition) is 1. The van der Waals surface area contributed by atoms with E-state index in [1.165, 1.54) is 12.1 Å². The lowest BCUT2D eigenvalue weighted by Gasteiger charge is -2.22. The molecule has 1 saturated heterocycles. The number of halogens is 3. The molecule has 3 aromatic rings. The van der Waals surface area contributed by atoms with Crippen molar-refractivity contribution in [1.29, 1.82) is 0 Å². The molecule has 1 aromatic heterocycles. The second-order valence-corrected chi connectivity index (χ2v) is 9.02. The Morgan fingerprint density at radius 2 is 1.89 bits per heavy atom. The van der Waals surface area contributed by atoms with Crippen LogP contribution in [-0.4, -0.2) is 43.0 Å². The fourth-order valence-corrected chi connectivity index (χ4v) is 4.20. The quantitative estimate of drug-likeness (QED) is 0.277. The second-order valence-electron chi connectivity index (χ2n) is 9.02. The largest absolute Gasteiger partial charge is 0.481 e. The zero-order chi connectivity index (χ0) is 27.0. The zero-order valence-electron chi connectivity index (χ0n) is 21.1. The van der Waals surface area contributed by atoms with Crippen LogP contribution in [0.2, 0.25) is 0 Å². The first-order chi connectivity index (χ1) is 18.3. The van der Waals surface area contributed by atoms with Gasteiger partial charge in [0.15, 0.2) is 6.61 Å². The SMILES string of the molecule is CCC(=NOCc1ccc(C(F)(F)F)cc1)c1ccc(OCC(=O)NCC2CCOCC2)c2ncccc12. The molecule has 1 N–H and O–H groups in total. The van der Waals surface area contributed by atoms with Gasteiger partial charge in [-0.3, -0.25) is 9.78 Å². The van der Waals surface area contributed by atoms with Crippen LogP contribution in [0.15, 0.2) is 59.9 Å². The van der Waals surface area contributed by atoms with Gasteiger partial charge in [0.1, 0.15) is 17.9 Å². The molecule has 4 rings (SSSR count). The van der Waals surface area contributed by atoms with E-state index in [2.05, 4.69) is 15.5 Å². The summed E-state index contributed by atoms with van der Waals surface area (Å²) in [5, 5.41) is 7.96. The Kier molecular flexibility index (Phi) is 9.17. The van der Waals surface area contributed by atoms with E-state index >= 15 is 0 Å². The normalized spacial score (nSPS) is 14.9. The Labute approximate surface area is 219 Å². The van der Waals surface area contributed by atoms with Gasteiger partial charge in [-0.2, -0.15) is 13.2 Å². The monoisotopic (exact) mass is 529 g/mol. The summed E-state index contributed by atoms with van der Waals surface area (Å²) in [6.45, 7) is 3.89. The Hall–Kier alpha value is -3.66. The number of rotatable bonds is 10. The molecule has 0 radical (unpaired) electrons. The highest BCUT2D eigenvalue weighted by Crippen LogP contribution is 2.30. The number of benzene rings is 2. The highest BCUT2D eigenvalue weighted by molar-refractivity contribution is 6.11. The van der Waals surface area contributed by atoms with Crippen molar-refractivity contribution >= 4 is 22.5 Å². The van der Waals surface area contributed by atoms with Crippen LogP contribution in [0.25, 0.3) is 10.9 Å². The molecule has 0 aliphatic carbocycles. The summed E-state index contributed by atoms with van der Waals surface area (Å²) in [6.07, 6.45) is -0.314. The van der Waals surface area contributed by atoms with Crippen molar-refractivity contribution in [1.82, 2.24) is 10.3 Å². The summed E-state index contributed by atoms with van der Waals surface area (Å²) in [6, 6.07) is 12.0. The summed E-state index contributed by atoms with van der Waals surface area (Å²) >= 11 is 0. The van der Waals surface area contributed by atoms with E-state index in [9.17, 15) is 18.0 Å². The van der Waals surface area contributed by atoms with Crippen LogP contribution < -0.4 is 10.1 Å². The molecule has 0 bridgehead atoms. The van der Waals surface area contributed by atoms with Gasteiger partial charge < -0.3 is 19.6 Å². The maximum absolute atomic E-state index is 12.8. The smallest absolute Gasteiger partial charge is 0.416 e. The van der Waals surface area contributed by atoms with E-state index in [1.54, 1.807) is 18.3 Å². The van der Waals surface area contributed by atoms with Crippen molar-refractivity contribution in [3.63, 3.8) is 0 Å². The Balaban J connectivity index is 1.41. The molecule has 0 saturated carbocycles. The summed E-state index contributed by atoms with van der Waals surface area (Å²) in [5.74, 6) is 0.700. The first-order valence-corrected chi connectivity index (χ1v) is 12.6. The molecule has 1 aliphatic heterocycles. The number of oxime groups is 1. The number of carbonyl (C=O) groups is 1. The Morgan fingerprint density at radius 3 is 2.61 bits per heavy atom. The molecule has 2 heterocycles. The molecule has 202 valence electrons. The third-order valence-corrected chi connectivity index (χ3v) is 6.35. The molecular weight excluding hydrogens is 499 g/mol. The minimum atomic E-state index is -4.38.